The number of hydrogen-bond acceptors (Lipinski definition) is 4. The Bertz CT molecular complexity index is 393. The largest absolute Gasteiger partial charge is 0.384 e. The van der Waals surface area contributed by atoms with E-state index in [1.54, 1.807) is 4.68 Å². The third-order valence-corrected chi connectivity index (χ3v) is 3.81. The molecule has 2 aliphatic heterocycles. The first-order chi connectivity index (χ1) is 8.24. The lowest BCUT2D eigenvalue weighted by Crippen LogP contribution is -2.48. The maximum absolute atomic E-state index is 10.3. The molecule has 3 rings (SSSR count). The number of fused-ring (bicyclic) bond motifs is 1. The van der Waals surface area contributed by atoms with Gasteiger partial charge in [-0.05, 0) is 25.5 Å². The van der Waals surface area contributed by atoms with Crippen molar-refractivity contribution in [3.63, 3.8) is 0 Å². The van der Waals surface area contributed by atoms with Crippen molar-refractivity contribution in [1.29, 1.82) is 0 Å². The molecule has 3 heterocycles. The molecule has 0 aliphatic carbocycles. The van der Waals surface area contributed by atoms with E-state index in [-0.39, 0.29) is 6.10 Å². The van der Waals surface area contributed by atoms with Crippen LogP contribution in [0.1, 0.15) is 24.6 Å². The van der Waals surface area contributed by atoms with Crippen molar-refractivity contribution < 1.29 is 9.84 Å². The molecule has 5 nitrogen and oxygen atoms in total. The molecule has 0 spiro atoms. The molecule has 1 aromatic rings. The average Bonchev–Trinajstić information content (AvgIpc) is 2.95. The van der Waals surface area contributed by atoms with Crippen LogP contribution in [-0.4, -0.2) is 51.6 Å². The molecule has 2 saturated heterocycles. The summed E-state index contributed by atoms with van der Waals surface area (Å²) in [5.74, 6) is 0. The van der Waals surface area contributed by atoms with Crippen LogP contribution in [0.4, 0.5) is 0 Å². The first kappa shape index (κ1) is 11.2. The van der Waals surface area contributed by atoms with Gasteiger partial charge in [0.2, 0.25) is 0 Å². The van der Waals surface area contributed by atoms with Crippen LogP contribution < -0.4 is 0 Å². The molecular weight excluding hydrogens is 218 g/mol. The summed E-state index contributed by atoms with van der Waals surface area (Å²) in [6.45, 7) is 2.70. The number of aliphatic hydroxyl groups is 1. The van der Waals surface area contributed by atoms with E-state index in [9.17, 15) is 5.11 Å². The lowest BCUT2D eigenvalue weighted by molar-refractivity contribution is -0.105. The van der Waals surface area contributed by atoms with Crippen molar-refractivity contribution in [3.05, 3.63) is 18.0 Å². The molecule has 0 aromatic carbocycles. The Morgan fingerprint density at radius 1 is 1.59 bits per heavy atom. The number of aryl methyl sites for hydroxylation is 1. The average molecular weight is 237 g/mol. The highest BCUT2D eigenvalue weighted by Crippen LogP contribution is 2.27. The van der Waals surface area contributed by atoms with E-state index in [4.69, 9.17) is 4.74 Å². The summed E-state index contributed by atoms with van der Waals surface area (Å²) in [5, 5.41) is 14.5. The Balaban J connectivity index is 1.68. The van der Waals surface area contributed by atoms with Gasteiger partial charge in [0.15, 0.2) is 0 Å². The number of ether oxygens (including phenoxy) is 1. The molecule has 0 bridgehead atoms. The summed E-state index contributed by atoms with van der Waals surface area (Å²) in [6.07, 6.45) is 3.57. The van der Waals surface area contributed by atoms with Gasteiger partial charge in [0.25, 0.3) is 0 Å². The molecule has 1 N–H and O–H groups in total. The molecule has 17 heavy (non-hydrogen) atoms. The van der Waals surface area contributed by atoms with Gasteiger partial charge in [-0.25, -0.2) is 0 Å². The summed E-state index contributed by atoms with van der Waals surface area (Å²) < 4.78 is 7.48. The number of hydrogen-bond donors (Lipinski definition) is 1. The smallest absolute Gasteiger partial charge is 0.125 e. The van der Waals surface area contributed by atoms with Crippen LogP contribution in [0.15, 0.2) is 12.3 Å². The maximum atomic E-state index is 10.3. The van der Waals surface area contributed by atoms with E-state index in [1.807, 2.05) is 19.3 Å². The highest BCUT2D eigenvalue weighted by molar-refractivity contribution is 5.06. The molecule has 1 aromatic heterocycles. The van der Waals surface area contributed by atoms with E-state index in [0.717, 1.165) is 19.7 Å². The van der Waals surface area contributed by atoms with Crippen molar-refractivity contribution in [1.82, 2.24) is 14.7 Å². The monoisotopic (exact) mass is 237 g/mol. The fourth-order valence-corrected chi connectivity index (χ4v) is 2.81. The van der Waals surface area contributed by atoms with Crippen LogP contribution in [0, 0.1) is 0 Å². The van der Waals surface area contributed by atoms with Gasteiger partial charge in [0.05, 0.1) is 12.3 Å². The normalized spacial score (nSPS) is 31.4. The predicted molar refractivity (Wildman–Crippen MR) is 62.5 cm³/mol. The zero-order chi connectivity index (χ0) is 11.8. The molecule has 3 atom stereocenters. The van der Waals surface area contributed by atoms with E-state index in [0.29, 0.717) is 11.7 Å². The van der Waals surface area contributed by atoms with Gasteiger partial charge in [-0.1, -0.05) is 0 Å². The molecule has 3 unspecified atom stereocenters. The lowest BCUT2D eigenvalue weighted by Gasteiger charge is -2.36. The molecule has 94 valence electrons. The number of morpholine rings is 1. The SMILES string of the molecule is Cn1ccc(C(O)C2CN3CCCC3CO2)n1. The lowest BCUT2D eigenvalue weighted by atomic mass is 10.1. The van der Waals surface area contributed by atoms with E-state index < -0.39 is 6.10 Å². The van der Waals surface area contributed by atoms with E-state index in [1.165, 1.54) is 12.8 Å². The number of nitrogens with zero attached hydrogens (tertiary/aromatic N) is 3. The molecule has 0 saturated carbocycles. The second-order valence-electron chi connectivity index (χ2n) is 5.02. The highest BCUT2D eigenvalue weighted by Gasteiger charge is 2.36. The zero-order valence-electron chi connectivity index (χ0n) is 10.1. The Morgan fingerprint density at radius 2 is 2.47 bits per heavy atom. The fourth-order valence-electron chi connectivity index (χ4n) is 2.81. The summed E-state index contributed by atoms with van der Waals surface area (Å²) in [5.41, 5.74) is 0.704. The quantitative estimate of drug-likeness (QED) is 0.804. The van der Waals surface area contributed by atoms with Gasteiger partial charge in [-0.2, -0.15) is 5.10 Å². The molecular formula is C12H19N3O2. The fraction of sp³-hybridized carbons (Fsp3) is 0.750. The van der Waals surface area contributed by atoms with Gasteiger partial charge in [0.1, 0.15) is 12.2 Å². The predicted octanol–water partition coefficient (Wildman–Crippen LogP) is 0.317. The van der Waals surface area contributed by atoms with Crippen LogP contribution in [0.5, 0.6) is 0 Å². The second-order valence-corrected chi connectivity index (χ2v) is 5.02. The van der Waals surface area contributed by atoms with Crippen LogP contribution in [0.25, 0.3) is 0 Å². The molecule has 2 aliphatic rings. The minimum Gasteiger partial charge on any atom is -0.384 e. The van der Waals surface area contributed by atoms with Gasteiger partial charge in [0, 0.05) is 25.8 Å². The molecule has 2 fully saturated rings. The Kier molecular flexibility index (Phi) is 2.90. The van der Waals surface area contributed by atoms with E-state index in [2.05, 4.69) is 10.00 Å². The Labute approximate surface area is 101 Å². The van der Waals surface area contributed by atoms with Crippen molar-refractivity contribution in [2.75, 3.05) is 19.7 Å². The zero-order valence-corrected chi connectivity index (χ0v) is 10.1. The van der Waals surface area contributed by atoms with E-state index >= 15 is 0 Å². The van der Waals surface area contributed by atoms with Crippen molar-refractivity contribution in [2.45, 2.75) is 31.1 Å². The maximum Gasteiger partial charge on any atom is 0.125 e. The second kappa shape index (κ2) is 4.40. The summed E-state index contributed by atoms with van der Waals surface area (Å²) in [6, 6.07) is 2.42. The van der Waals surface area contributed by atoms with Gasteiger partial charge in [-0.15, -0.1) is 0 Å². The minimum atomic E-state index is -0.613. The third-order valence-electron chi connectivity index (χ3n) is 3.81. The first-order valence-corrected chi connectivity index (χ1v) is 6.27. The van der Waals surface area contributed by atoms with Crippen LogP contribution in [0.3, 0.4) is 0 Å². The number of rotatable bonds is 2. The van der Waals surface area contributed by atoms with Gasteiger partial charge in [-0.3, -0.25) is 9.58 Å². The standard InChI is InChI=1S/C12H19N3O2/c1-14-6-4-10(13-14)12(16)11-7-15-5-2-3-9(15)8-17-11/h4,6,9,11-12,16H,2-3,5,7-8H2,1H3. The van der Waals surface area contributed by atoms with Crippen molar-refractivity contribution in [3.8, 4) is 0 Å². The van der Waals surface area contributed by atoms with Gasteiger partial charge >= 0.3 is 0 Å². The number of aromatic nitrogens is 2. The highest BCUT2D eigenvalue weighted by atomic mass is 16.5. The molecule has 0 amide bonds. The Hall–Kier alpha value is -0.910. The number of aliphatic hydroxyl groups excluding tert-OH is 1. The van der Waals surface area contributed by atoms with Crippen molar-refractivity contribution >= 4 is 0 Å². The molecule has 0 radical (unpaired) electrons. The van der Waals surface area contributed by atoms with Crippen LogP contribution in [-0.2, 0) is 11.8 Å². The van der Waals surface area contributed by atoms with Crippen LogP contribution in [0.2, 0.25) is 0 Å². The van der Waals surface area contributed by atoms with Crippen LogP contribution >= 0.6 is 0 Å². The topological polar surface area (TPSA) is 50.5 Å². The van der Waals surface area contributed by atoms with Gasteiger partial charge < -0.3 is 9.84 Å². The third kappa shape index (κ3) is 2.10. The Morgan fingerprint density at radius 3 is 3.24 bits per heavy atom. The molecule has 5 heteroatoms. The minimum absolute atomic E-state index is 0.140. The summed E-state index contributed by atoms with van der Waals surface area (Å²) >= 11 is 0. The summed E-state index contributed by atoms with van der Waals surface area (Å²) in [4.78, 5) is 2.43. The summed E-state index contributed by atoms with van der Waals surface area (Å²) in [7, 11) is 1.86. The first-order valence-electron chi connectivity index (χ1n) is 6.27. The van der Waals surface area contributed by atoms with Crippen molar-refractivity contribution in [2.24, 2.45) is 7.05 Å².